The number of carbonyl (C=O) groups is 1. The van der Waals surface area contributed by atoms with Crippen molar-refractivity contribution in [3.8, 4) is 0 Å². The van der Waals surface area contributed by atoms with Gasteiger partial charge < -0.3 is 4.90 Å². The number of benzene rings is 2. The Kier molecular flexibility index (Phi) is 9.50. The topological polar surface area (TPSA) is 26.8 Å². The van der Waals surface area contributed by atoms with Gasteiger partial charge >= 0.3 is 12.4 Å². The summed E-state index contributed by atoms with van der Waals surface area (Å²) in [4.78, 5) is 20.2. The molecule has 1 atom stereocenters. The molecule has 0 amide bonds. The van der Waals surface area contributed by atoms with E-state index < -0.39 is 29.5 Å². The third-order valence-corrected chi connectivity index (χ3v) is 8.14. The van der Waals surface area contributed by atoms with Gasteiger partial charge in [0, 0.05) is 58.4 Å². The van der Waals surface area contributed by atoms with Gasteiger partial charge in [-0.05, 0) is 60.7 Å². The number of aryl methyl sites for hydroxylation is 1. The highest BCUT2D eigenvalue weighted by molar-refractivity contribution is 5.85. The van der Waals surface area contributed by atoms with E-state index in [2.05, 4.69) is 9.80 Å². The fraction of sp³-hybridized carbons (Fsp3) is 0.567. The maximum atomic E-state index is 13.7. The molecule has 1 heterocycles. The maximum Gasteiger partial charge on any atom is 0.416 e. The number of anilines is 1. The Balaban J connectivity index is 1.53. The summed E-state index contributed by atoms with van der Waals surface area (Å²) in [6.07, 6.45) is -4.11. The van der Waals surface area contributed by atoms with E-state index in [1.54, 1.807) is 0 Å². The monoisotopic (exact) mass is 569 g/mol. The summed E-state index contributed by atoms with van der Waals surface area (Å²) in [5.41, 5.74) is -1.14. The first kappa shape index (κ1) is 30.4. The van der Waals surface area contributed by atoms with Crippen LogP contribution in [0.5, 0.6) is 0 Å². The zero-order valence-corrected chi connectivity index (χ0v) is 23.0. The molecule has 2 fully saturated rings. The first-order valence-electron chi connectivity index (χ1n) is 13.9. The number of carbonyl (C=O) groups excluding carboxylic acids is 1. The van der Waals surface area contributed by atoms with Crippen molar-refractivity contribution in [1.82, 2.24) is 9.80 Å². The van der Waals surface area contributed by atoms with Gasteiger partial charge in [-0.15, -0.1) is 0 Å². The number of alkyl halides is 6. The number of halogens is 6. The van der Waals surface area contributed by atoms with Crippen LogP contribution in [0.25, 0.3) is 0 Å². The van der Waals surface area contributed by atoms with Crippen molar-refractivity contribution in [2.75, 3.05) is 45.2 Å². The van der Waals surface area contributed by atoms with E-state index in [1.807, 2.05) is 43.3 Å². The largest absolute Gasteiger partial charge is 0.416 e. The van der Waals surface area contributed by atoms with Crippen molar-refractivity contribution in [1.29, 1.82) is 0 Å². The summed E-state index contributed by atoms with van der Waals surface area (Å²) in [7, 11) is 3.82. The van der Waals surface area contributed by atoms with Gasteiger partial charge in [-0.3, -0.25) is 14.6 Å². The summed E-state index contributed by atoms with van der Waals surface area (Å²) in [5.74, 6) is -0.213. The molecule has 1 aliphatic carbocycles. The molecule has 2 aromatic carbocycles. The molecule has 0 radical (unpaired) electrons. The highest BCUT2D eigenvalue weighted by Crippen LogP contribution is 2.37. The SMILES string of the molecule is CN(C)c1ccc(C(C(=O)CCc2cc(C(F)(F)F)cc(C(F)(F)F)c2)N2CCN(C3CCCCC3)CC2)cc1. The van der Waals surface area contributed by atoms with Crippen LogP contribution in [0.4, 0.5) is 32.0 Å². The minimum Gasteiger partial charge on any atom is -0.378 e. The number of hydrogen-bond acceptors (Lipinski definition) is 4. The standard InChI is InChI=1S/C30H37F6N3O/c1-37(2)25-11-9-22(10-12-25)28(39-16-14-38(15-17-39)26-6-4-3-5-7-26)27(40)13-8-21-18-23(29(31,32)33)20-24(19-21)30(34,35)36/h9-12,18-20,26,28H,3-8,13-17H2,1-2H3. The molecule has 4 rings (SSSR count). The van der Waals surface area contributed by atoms with Gasteiger partial charge in [0.2, 0.25) is 0 Å². The second-order valence-electron chi connectivity index (χ2n) is 11.1. The molecule has 10 heteroatoms. The first-order valence-corrected chi connectivity index (χ1v) is 13.9. The van der Waals surface area contributed by atoms with E-state index in [4.69, 9.17) is 0 Å². The average molecular weight is 570 g/mol. The van der Waals surface area contributed by atoms with Crippen LogP contribution >= 0.6 is 0 Å². The van der Waals surface area contributed by atoms with E-state index in [-0.39, 0.29) is 30.3 Å². The molecule has 2 aliphatic rings. The summed E-state index contributed by atoms with van der Waals surface area (Å²) in [6.45, 7) is 2.99. The predicted octanol–water partition coefficient (Wildman–Crippen LogP) is 6.98. The predicted molar refractivity (Wildman–Crippen MR) is 143 cm³/mol. The van der Waals surface area contributed by atoms with Gasteiger partial charge in [-0.1, -0.05) is 31.4 Å². The number of Topliss-reactive ketones (excluding diaryl/α,β-unsaturated/α-hetero) is 1. The molecular formula is C30H37F6N3O. The molecule has 2 aromatic rings. The van der Waals surface area contributed by atoms with Crippen LogP contribution in [-0.4, -0.2) is 61.9 Å². The Morgan fingerprint density at radius 1 is 0.850 bits per heavy atom. The minimum absolute atomic E-state index is 0.117. The molecule has 0 N–H and O–H groups in total. The van der Waals surface area contributed by atoms with Crippen LogP contribution < -0.4 is 4.90 Å². The minimum atomic E-state index is -4.92. The fourth-order valence-electron chi connectivity index (χ4n) is 5.93. The summed E-state index contributed by atoms with van der Waals surface area (Å²) in [6, 6.07) is 9.10. The van der Waals surface area contributed by atoms with Crippen LogP contribution in [0.3, 0.4) is 0 Å². The zero-order chi connectivity index (χ0) is 29.1. The van der Waals surface area contributed by atoms with Crippen LogP contribution in [0, 0.1) is 0 Å². The molecule has 1 saturated heterocycles. The molecule has 40 heavy (non-hydrogen) atoms. The first-order chi connectivity index (χ1) is 18.8. The number of hydrogen-bond donors (Lipinski definition) is 0. The second kappa shape index (κ2) is 12.5. The molecular weight excluding hydrogens is 532 g/mol. The lowest BCUT2D eigenvalue weighted by atomic mass is 9.92. The molecule has 0 spiro atoms. The third kappa shape index (κ3) is 7.57. The molecule has 1 aliphatic heterocycles. The molecule has 0 aromatic heterocycles. The van der Waals surface area contributed by atoms with E-state index in [0.29, 0.717) is 31.3 Å². The third-order valence-electron chi connectivity index (χ3n) is 8.14. The number of nitrogens with zero attached hydrogens (tertiary/aromatic N) is 3. The lowest BCUT2D eigenvalue weighted by Gasteiger charge is -2.43. The maximum absolute atomic E-state index is 13.7. The smallest absolute Gasteiger partial charge is 0.378 e. The Morgan fingerprint density at radius 3 is 1.90 bits per heavy atom. The molecule has 4 nitrogen and oxygen atoms in total. The van der Waals surface area contributed by atoms with E-state index >= 15 is 0 Å². The van der Waals surface area contributed by atoms with Gasteiger partial charge in [0.1, 0.15) is 0 Å². The lowest BCUT2D eigenvalue weighted by molar-refractivity contribution is -0.143. The zero-order valence-electron chi connectivity index (χ0n) is 23.0. The number of piperazine rings is 1. The van der Waals surface area contributed by atoms with Gasteiger partial charge in [0.15, 0.2) is 5.78 Å². The molecule has 0 bridgehead atoms. The second-order valence-corrected chi connectivity index (χ2v) is 11.1. The van der Waals surface area contributed by atoms with Gasteiger partial charge in [-0.2, -0.15) is 26.3 Å². The van der Waals surface area contributed by atoms with Crippen molar-refractivity contribution in [3.05, 3.63) is 64.7 Å². The van der Waals surface area contributed by atoms with Gasteiger partial charge in [-0.25, -0.2) is 0 Å². The fourth-order valence-corrected chi connectivity index (χ4v) is 5.93. The van der Waals surface area contributed by atoms with Crippen molar-refractivity contribution in [2.45, 2.75) is 69.4 Å². The van der Waals surface area contributed by atoms with Crippen molar-refractivity contribution in [2.24, 2.45) is 0 Å². The van der Waals surface area contributed by atoms with Crippen LogP contribution in [0.15, 0.2) is 42.5 Å². The summed E-state index contributed by atoms with van der Waals surface area (Å²) in [5, 5.41) is 0. The molecule has 220 valence electrons. The van der Waals surface area contributed by atoms with Crippen molar-refractivity contribution < 1.29 is 31.1 Å². The van der Waals surface area contributed by atoms with Crippen molar-refractivity contribution >= 4 is 11.5 Å². The van der Waals surface area contributed by atoms with Gasteiger partial charge in [0.05, 0.1) is 17.2 Å². The Morgan fingerprint density at radius 2 is 1.40 bits per heavy atom. The van der Waals surface area contributed by atoms with E-state index in [1.165, 1.54) is 32.1 Å². The number of rotatable bonds is 8. The average Bonchev–Trinajstić information content (AvgIpc) is 2.92. The molecule has 1 saturated carbocycles. The highest BCUT2D eigenvalue weighted by atomic mass is 19.4. The summed E-state index contributed by atoms with van der Waals surface area (Å²) < 4.78 is 80.0. The lowest BCUT2D eigenvalue weighted by Crippen LogP contribution is -2.52. The summed E-state index contributed by atoms with van der Waals surface area (Å²) >= 11 is 0. The van der Waals surface area contributed by atoms with Crippen LogP contribution in [0.2, 0.25) is 0 Å². The normalized spacial score (nSPS) is 19.0. The molecule has 1 unspecified atom stereocenters. The number of ketones is 1. The van der Waals surface area contributed by atoms with Gasteiger partial charge in [0.25, 0.3) is 0 Å². The van der Waals surface area contributed by atoms with E-state index in [0.717, 1.165) is 24.3 Å². The van der Waals surface area contributed by atoms with Crippen LogP contribution in [-0.2, 0) is 23.6 Å². The van der Waals surface area contributed by atoms with E-state index in [9.17, 15) is 31.1 Å². The highest BCUT2D eigenvalue weighted by Gasteiger charge is 2.37. The Bertz CT molecular complexity index is 1100. The Labute approximate surface area is 231 Å². The van der Waals surface area contributed by atoms with Crippen LogP contribution in [0.1, 0.15) is 66.8 Å². The van der Waals surface area contributed by atoms with Crippen molar-refractivity contribution in [3.63, 3.8) is 0 Å². The Hall–Kier alpha value is -2.59. The quantitative estimate of drug-likeness (QED) is 0.321.